The third-order valence-electron chi connectivity index (χ3n) is 5.53. The van der Waals surface area contributed by atoms with Gasteiger partial charge >= 0.3 is 0 Å². The van der Waals surface area contributed by atoms with E-state index in [1.807, 2.05) is 63.3 Å². The summed E-state index contributed by atoms with van der Waals surface area (Å²) in [5.74, 6) is 1.82. The van der Waals surface area contributed by atoms with E-state index in [1.165, 1.54) is 0 Å². The molecule has 1 aliphatic rings. The molecule has 7 heteroatoms. The Labute approximate surface area is 181 Å². The zero-order valence-corrected chi connectivity index (χ0v) is 19.2. The number of carbonyl (C=O) groups excluding carboxylic acids is 1. The van der Waals surface area contributed by atoms with Gasteiger partial charge in [0.25, 0.3) is 0 Å². The van der Waals surface area contributed by atoms with Gasteiger partial charge < -0.3 is 15.5 Å². The third kappa shape index (κ3) is 5.69. The summed E-state index contributed by atoms with van der Waals surface area (Å²) in [6, 6.07) is 8.41. The van der Waals surface area contributed by atoms with Crippen LogP contribution in [0, 0.1) is 12.8 Å². The Hall–Kier alpha value is -2.15. The van der Waals surface area contributed by atoms with Crippen molar-refractivity contribution in [3.05, 3.63) is 46.1 Å². The number of aryl methyl sites for hydroxylation is 1. The predicted molar refractivity (Wildman–Crippen MR) is 121 cm³/mol. The lowest BCUT2D eigenvalue weighted by atomic mass is 9.85. The number of benzene rings is 1. The normalized spacial score (nSPS) is 20.0. The number of hydrogen-bond donors (Lipinski definition) is 2. The van der Waals surface area contributed by atoms with Crippen LogP contribution >= 0.6 is 15.9 Å². The number of nitrogens with one attached hydrogen (secondary N) is 2. The maximum atomic E-state index is 12.7. The molecule has 1 aromatic carbocycles. The van der Waals surface area contributed by atoms with Crippen molar-refractivity contribution in [2.24, 2.45) is 5.92 Å². The zero-order valence-electron chi connectivity index (χ0n) is 17.6. The topological polar surface area (TPSA) is 70.1 Å². The van der Waals surface area contributed by atoms with Gasteiger partial charge in [-0.25, -0.2) is 4.98 Å². The van der Waals surface area contributed by atoms with Crippen LogP contribution in [0.5, 0.6) is 0 Å². The van der Waals surface area contributed by atoms with Crippen LogP contribution in [0.3, 0.4) is 0 Å². The Kier molecular flexibility index (Phi) is 7.11. The third-order valence-corrected chi connectivity index (χ3v) is 6.06. The molecular weight excluding hydrogens is 430 g/mol. The molecule has 3 rings (SSSR count). The molecule has 2 N–H and O–H groups in total. The lowest BCUT2D eigenvalue weighted by molar-refractivity contribution is -0.126. The Morgan fingerprint density at radius 2 is 1.83 bits per heavy atom. The van der Waals surface area contributed by atoms with E-state index in [0.717, 1.165) is 47.1 Å². The minimum Gasteiger partial charge on any atom is -0.362 e. The van der Waals surface area contributed by atoms with Crippen molar-refractivity contribution < 1.29 is 4.79 Å². The average Bonchev–Trinajstić information content (AvgIpc) is 2.70. The quantitative estimate of drug-likeness (QED) is 0.666. The fraction of sp³-hybridized carbons (Fsp3) is 0.500. The second-order valence-electron chi connectivity index (χ2n) is 8.07. The number of rotatable bonds is 6. The summed E-state index contributed by atoms with van der Waals surface area (Å²) in [6.07, 6.45) is 5.50. The second-order valence-corrected chi connectivity index (χ2v) is 8.99. The molecule has 0 unspecified atom stereocenters. The second kappa shape index (κ2) is 9.57. The molecule has 0 radical (unpaired) electrons. The van der Waals surface area contributed by atoms with Gasteiger partial charge in [-0.15, -0.1) is 0 Å². The molecular formula is C22H30BrN5O. The van der Waals surface area contributed by atoms with Crippen LogP contribution in [0.2, 0.25) is 0 Å². The van der Waals surface area contributed by atoms with Crippen LogP contribution in [0.1, 0.15) is 49.8 Å². The highest BCUT2D eigenvalue weighted by Gasteiger charge is 2.27. The standard InChI is InChI=1S/C22H30BrN5O/c1-14-13-24-22(27-20(14)28(3)4)26-19-11-7-17(8-12-19)21(29)25-15(2)16-5-9-18(23)10-6-16/h5-6,9-10,13,15,17,19H,7-8,11-12H2,1-4H3,(H,25,29)(H,24,26,27)/t15-,17?,19?/m1/s1. The van der Waals surface area contributed by atoms with Gasteiger partial charge in [0.05, 0.1) is 6.04 Å². The molecule has 1 heterocycles. The minimum absolute atomic E-state index is 0.0110. The molecule has 1 aliphatic carbocycles. The van der Waals surface area contributed by atoms with Crippen LogP contribution in [0.4, 0.5) is 11.8 Å². The van der Waals surface area contributed by atoms with Crippen LogP contribution in [-0.4, -0.2) is 36.0 Å². The number of carbonyl (C=O) groups is 1. The maximum Gasteiger partial charge on any atom is 0.224 e. The largest absolute Gasteiger partial charge is 0.362 e. The molecule has 0 aliphatic heterocycles. The minimum atomic E-state index is 0.0110. The SMILES string of the molecule is Cc1cnc(NC2CCC(C(=O)N[C@H](C)c3ccc(Br)cc3)CC2)nc1N(C)C. The van der Waals surface area contributed by atoms with E-state index >= 15 is 0 Å². The van der Waals surface area contributed by atoms with Gasteiger partial charge in [0.15, 0.2) is 0 Å². The van der Waals surface area contributed by atoms with E-state index in [0.29, 0.717) is 12.0 Å². The highest BCUT2D eigenvalue weighted by molar-refractivity contribution is 9.10. The zero-order chi connectivity index (χ0) is 21.0. The summed E-state index contributed by atoms with van der Waals surface area (Å²) in [4.78, 5) is 23.7. The van der Waals surface area contributed by atoms with E-state index in [9.17, 15) is 4.79 Å². The molecule has 1 aromatic heterocycles. The molecule has 1 amide bonds. The first-order valence-electron chi connectivity index (χ1n) is 10.2. The first-order chi connectivity index (χ1) is 13.8. The highest BCUT2D eigenvalue weighted by atomic mass is 79.9. The predicted octanol–water partition coefficient (Wildman–Crippen LogP) is 4.46. The van der Waals surface area contributed by atoms with Gasteiger partial charge in [-0.05, 0) is 57.2 Å². The summed E-state index contributed by atoms with van der Waals surface area (Å²) in [5, 5.41) is 6.62. The molecule has 0 saturated heterocycles. The molecule has 29 heavy (non-hydrogen) atoms. The van der Waals surface area contributed by atoms with E-state index in [1.54, 1.807) is 0 Å². The fourth-order valence-electron chi connectivity index (χ4n) is 3.80. The Morgan fingerprint density at radius 3 is 2.45 bits per heavy atom. The Bertz CT molecular complexity index is 832. The summed E-state index contributed by atoms with van der Waals surface area (Å²) in [6.45, 7) is 4.05. The van der Waals surface area contributed by atoms with Crippen molar-refractivity contribution >= 4 is 33.6 Å². The van der Waals surface area contributed by atoms with Crippen molar-refractivity contribution in [1.82, 2.24) is 15.3 Å². The van der Waals surface area contributed by atoms with E-state index in [2.05, 4.69) is 36.5 Å². The highest BCUT2D eigenvalue weighted by Crippen LogP contribution is 2.27. The van der Waals surface area contributed by atoms with Gasteiger partial charge in [0.2, 0.25) is 11.9 Å². The van der Waals surface area contributed by atoms with Crippen molar-refractivity contribution in [3.8, 4) is 0 Å². The Balaban J connectivity index is 1.50. The number of hydrogen-bond acceptors (Lipinski definition) is 5. The lowest BCUT2D eigenvalue weighted by Gasteiger charge is -2.29. The van der Waals surface area contributed by atoms with Crippen LogP contribution in [0.15, 0.2) is 34.9 Å². The smallest absolute Gasteiger partial charge is 0.224 e. The van der Waals surface area contributed by atoms with Gasteiger partial charge in [-0.1, -0.05) is 28.1 Å². The summed E-state index contributed by atoms with van der Waals surface area (Å²) in [7, 11) is 3.97. The van der Waals surface area contributed by atoms with Crippen molar-refractivity contribution in [2.45, 2.75) is 51.6 Å². The van der Waals surface area contributed by atoms with Crippen LogP contribution in [-0.2, 0) is 4.79 Å². The van der Waals surface area contributed by atoms with Gasteiger partial charge in [0.1, 0.15) is 5.82 Å². The van der Waals surface area contributed by atoms with Gasteiger partial charge in [-0.2, -0.15) is 4.98 Å². The molecule has 156 valence electrons. The molecule has 1 saturated carbocycles. The van der Waals surface area contributed by atoms with Crippen molar-refractivity contribution in [3.63, 3.8) is 0 Å². The van der Waals surface area contributed by atoms with Gasteiger partial charge in [0, 0.05) is 42.3 Å². The van der Waals surface area contributed by atoms with E-state index in [-0.39, 0.29) is 17.9 Å². The summed E-state index contributed by atoms with van der Waals surface area (Å²) in [5.41, 5.74) is 2.17. The van der Waals surface area contributed by atoms with Gasteiger partial charge in [-0.3, -0.25) is 4.79 Å². The first-order valence-corrected chi connectivity index (χ1v) is 11.0. The average molecular weight is 460 g/mol. The van der Waals surface area contributed by atoms with Crippen LogP contribution in [0.25, 0.3) is 0 Å². The summed E-state index contributed by atoms with van der Waals surface area (Å²) >= 11 is 3.45. The number of anilines is 2. The number of amides is 1. The maximum absolute atomic E-state index is 12.7. The monoisotopic (exact) mass is 459 g/mol. The summed E-state index contributed by atoms with van der Waals surface area (Å²) < 4.78 is 1.04. The molecule has 2 aromatic rings. The molecule has 6 nitrogen and oxygen atoms in total. The number of aromatic nitrogens is 2. The van der Waals surface area contributed by atoms with Crippen molar-refractivity contribution in [2.75, 3.05) is 24.3 Å². The first kappa shape index (κ1) is 21.6. The Morgan fingerprint density at radius 1 is 1.17 bits per heavy atom. The molecule has 0 bridgehead atoms. The van der Waals surface area contributed by atoms with Crippen molar-refractivity contribution in [1.29, 1.82) is 0 Å². The molecule has 0 spiro atoms. The van der Waals surface area contributed by atoms with Crippen LogP contribution < -0.4 is 15.5 Å². The molecule has 1 fully saturated rings. The lowest BCUT2D eigenvalue weighted by Crippen LogP contribution is -2.37. The number of nitrogens with zero attached hydrogens (tertiary/aromatic N) is 3. The molecule has 1 atom stereocenters. The number of halogens is 1. The van der Waals surface area contributed by atoms with E-state index in [4.69, 9.17) is 0 Å². The van der Waals surface area contributed by atoms with E-state index < -0.39 is 0 Å². The fourth-order valence-corrected chi connectivity index (χ4v) is 4.07.